The summed E-state index contributed by atoms with van der Waals surface area (Å²) in [7, 11) is 2.01. The van der Waals surface area contributed by atoms with Gasteiger partial charge in [0.05, 0.1) is 0 Å². The maximum Gasteiger partial charge on any atom is 0.225 e. The third-order valence-electron chi connectivity index (χ3n) is 6.34. The molecule has 5 heteroatoms. The molecule has 1 saturated heterocycles. The van der Waals surface area contributed by atoms with Gasteiger partial charge in [0, 0.05) is 50.1 Å². The van der Waals surface area contributed by atoms with Crippen LogP contribution in [0.2, 0.25) is 0 Å². The highest BCUT2D eigenvalue weighted by Gasteiger charge is 2.31. The number of carbonyl (C=O) groups excluding carboxylic acids is 1. The van der Waals surface area contributed by atoms with Gasteiger partial charge in [0.2, 0.25) is 11.9 Å². The predicted octanol–water partition coefficient (Wildman–Crippen LogP) is 4.15. The zero-order valence-electron chi connectivity index (χ0n) is 16.8. The lowest BCUT2D eigenvalue weighted by Crippen LogP contribution is -2.45. The Hall–Kier alpha value is -2.43. The van der Waals surface area contributed by atoms with Crippen molar-refractivity contribution < 1.29 is 4.79 Å². The number of nitrogens with zero attached hydrogens (tertiary/aromatic N) is 4. The first kappa shape index (κ1) is 18.9. The average molecular weight is 379 g/mol. The van der Waals surface area contributed by atoms with E-state index in [1.54, 1.807) is 0 Å². The number of rotatable bonds is 4. The van der Waals surface area contributed by atoms with E-state index in [-0.39, 0.29) is 5.92 Å². The standard InChI is InChI=1S/C23H30N4O/c1-26(21-10-6-3-7-11-21)22(28)19-12-14-27(15-13-19)23-24-16-20(17-25-23)18-8-4-2-5-9-18/h2,4-5,8-9,16-17,19,21H,3,6-7,10-15H2,1H3. The molecular formula is C23H30N4O. The molecule has 0 atom stereocenters. The Morgan fingerprint density at radius 1 is 0.929 bits per heavy atom. The number of hydrogen-bond acceptors (Lipinski definition) is 4. The summed E-state index contributed by atoms with van der Waals surface area (Å²) in [4.78, 5) is 26.3. The summed E-state index contributed by atoms with van der Waals surface area (Å²) in [6.45, 7) is 1.69. The molecule has 1 aliphatic carbocycles. The van der Waals surface area contributed by atoms with Crippen LogP contribution in [0.1, 0.15) is 44.9 Å². The summed E-state index contributed by atoms with van der Waals surface area (Å²) in [5, 5.41) is 0. The van der Waals surface area contributed by atoms with E-state index in [9.17, 15) is 4.79 Å². The number of aromatic nitrogens is 2. The van der Waals surface area contributed by atoms with Gasteiger partial charge in [-0.2, -0.15) is 0 Å². The molecule has 28 heavy (non-hydrogen) atoms. The number of hydrogen-bond donors (Lipinski definition) is 0. The van der Waals surface area contributed by atoms with Crippen molar-refractivity contribution in [2.75, 3.05) is 25.0 Å². The Morgan fingerprint density at radius 3 is 2.21 bits per heavy atom. The van der Waals surface area contributed by atoms with Gasteiger partial charge in [0.25, 0.3) is 0 Å². The van der Waals surface area contributed by atoms with Crippen LogP contribution < -0.4 is 4.90 Å². The van der Waals surface area contributed by atoms with Crippen LogP contribution in [0.4, 0.5) is 5.95 Å². The van der Waals surface area contributed by atoms with Crippen molar-refractivity contribution in [2.24, 2.45) is 5.92 Å². The summed E-state index contributed by atoms with van der Waals surface area (Å²) < 4.78 is 0. The molecule has 1 amide bonds. The largest absolute Gasteiger partial charge is 0.343 e. The van der Waals surface area contributed by atoms with Crippen molar-refractivity contribution >= 4 is 11.9 Å². The Labute approximate surface area is 167 Å². The molecule has 1 saturated carbocycles. The number of carbonyl (C=O) groups is 1. The molecule has 2 aliphatic rings. The van der Waals surface area contributed by atoms with E-state index < -0.39 is 0 Å². The molecule has 0 N–H and O–H groups in total. The van der Waals surface area contributed by atoms with Gasteiger partial charge in [-0.1, -0.05) is 49.6 Å². The van der Waals surface area contributed by atoms with Crippen LogP contribution in [-0.2, 0) is 4.79 Å². The molecule has 2 fully saturated rings. The lowest BCUT2D eigenvalue weighted by atomic mass is 9.91. The van der Waals surface area contributed by atoms with Crippen molar-refractivity contribution in [1.82, 2.24) is 14.9 Å². The summed E-state index contributed by atoms with van der Waals surface area (Å²) in [6, 6.07) is 10.6. The van der Waals surface area contributed by atoms with Crippen LogP contribution in [0.25, 0.3) is 11.1 Å². The van der Waals surface area contributed by atoms with Gasteiger partial charge >= 0.3 is 0 Å². The maximum atomic E-state index is 12.9. The summed E-state index contributed by atoms with van der Waals surface area (Å²) in [5.74, 6) is 1.25. The van der Waals surface area contributed by atoms with Crippen molar-refractivity contribution in [3.05, 3.63) is 42.7 Å². The molecule has 4 rings (SSSR count). The van der Waals surface area contributed by atoms with Gasteiger partial charge in [-0.3, -0.25) is 4.79 Å². The third kappa shape index (κ3) is 4.18. The molecule has 2 aromatic rings. The molecule has 0 spiro atoms. The van der Waals surface area contributed by atoms with Gasteiger partial charge in [-0.15, -0.1) is 0 Å². The van der Waals surface area contributed by atoms with Crippen LogP contribution in [0, 0.1) is 5.92 Å². The van der Waals surface area contributed by atoms with Gasteiger partial charge < -0.3 is 9.80 Å². The molecular weight excluding hydrogens is 348 g/mol. The van der Waals surface area contributed by atoms with E-state index in [4.69, 9.17) is 0 Å². The zero-order valence-corrected chi connectivity index (χ0v) is 16.8. The predicted molar refractivity (Wildman–Crippen MR) is 112 cm³/mol. The second kappa shape index (κ2) is 8.72. The van der Waals surface area contributed by atoms with E-state index in [1.165, 1.54) is 32.1 Å². The van der Waals surface area contributed by atoms with E-state index in [2.05, 4.69) is 27.0 Å². The Balaban J connectivity index is 1.33. The smallest absolute Gasteiger partial charge is 0.225 e. The van der Waals surface area contributed by atoms with Crippen molar-refractivity contribution in [3.8, 4) is 11.1 Å². The summed E-state index contributed by atoms with van der Waals surface area (Å²) in [6.07, 6.45) is 11.7. The summed E-state index contributed by atoms with van der Waals surface area (Å²) in [5.41, 5.74) is 2.16. The maximum absolute atomic E-state index is 12.9. The van der Waals surface area contributed by atoms with Gasteiger partial charge in [-0.05, 0) is 31.2 Å². The zero-order chi connectivity index (χ0) is 19.3. The Morgan fingerprint density at radius 2 is 1.57 bits per heavy atom. The third-order valence-corrected chi connectivity index (χ3v) is 6.34. The van der Waals surface area contributed by atoms with Gasteiger partial charge in [0.1, 0.15) is 0 Å². The van der Waals surface area contributed by atoms with Crippen molar-refractivity contribution in [2.45, 2.75) is 51.0 Å². The summed E-state index contributed by atoms with van der Waals surface area (Å²) >= 11 is 0. The van der Waals surface area contributed by atoms with Crippen LogP contribution in [-0.4, -0.2) is 47.0 Å². The second-order valence-corrected chi connectivity index (χ2v) is 8.14. The van der Waals surface area contributed by atoms with Crippen LogP contribution in [0.5, 0.6) is 0 Å². The fourth-order valence-corrected chi connectivity index (χ4v) is 4.53. The molecule has 0 bridgehead atoms. The second-order valence-electron chi connectivity index (χ2n) is 8.14. The van der Waals surface area contributed by atoms with E-state index in [0.717, 1.165) is 43.0 Å². The molecule has 0 unspecified atom stereocenters. The number of amides is 1. The molecule has 1 aromatic carbocycles. The fourth-order valence-electron chi connectivity index (χ4n) is 4.53. The Kier molecular flexibility index (Phi) is 5.89. The van der Waals surface area contributed by atoms with Crippen LogP contribution in [0.15, 0.2) is 42.7 Å². The minimum absolute atomic E-state index is 0.145. The first-order chi connectivity index (χ1) is 13.7. The normalized spacial score (nSPS) is 18.8. The lowest BCUT2D eigenvalue weighted by Gasteiger charge is -2.37. The Bertz CT molecular complexity index is 763. The van der Waals surface area contributed by atoms with Crippen molar-refractivity contribution in [1.29, 1.82) is 0 Å². The molecule has 1 aromatic heterocycles. The van der Waals surface area contributed by atoms with Gasteiger partial charge in [0.15, 0.2) is 0 Å². The molecule has 0 radical (unpaired) electrons. The highest BCUT2D eigenvalue weighted by atomic mass is 16.2. The topological polar surface area (TPSA) is 49.3 Å². The SMILES string of the molecule is CN(C(=O)C1CCN(c2ncc(-c3ccccc3)cn2)CC1)C1CCCCC1. The van der Waals surface area contributed by atoms with Crippen molar-refractivity contribution in [3.63, 3.8) is 0 Å². The molecule has 1 aliphatic heterocycles. The van der Waals surface area contributed by atoms with Gasteiger partial charge in [-0.25, -0.2) is 9.97 Å². The minimum atomic E-state index is 0.145. The van der Waals surface area contributed by atoms with Crippen LogP contribution >= 0.6 is 0 Å². The molecule has 2 heterocycles. The first-order valence-electron chi connectivity index (χ1n) is 10.6. The minimum Gasteiger partial charge on any atom is -0.343 e. The highest BCUT2D eigenvalue weighted by molar-refractivity contribution is 5.79. The lowest BCUT2D eigenvalue weighted by molar-refractivity contribution is -0.137. The number of benzene rings is 1. The van der Waals surface area contributed by atoms with E-state index in [0.29, 0.717) is 11.9 Å². The quantitative estimate of drug-likeness (QED) is 0.802. The highest BCUT2D eigenvalue weighted by Crippen LogP contribution is 2.27. The molecule has 148 valence electrons. The first-order valence-corrected chi connectivity index (χ1v) is 10.6. The van der Waals surface area contributed by atoms with E-state index in [1.807, 2.05) is 42.5 Å². The van der Waals surface area contributed by atoms with Crippen LogP contribution in [0.3, 0.4) is 0 Å². The molecule has 5 nitrogen and oxygen atoms in total. The number of piperidine rings is 1. The number of anilines is 1. The average Bonchev–Trinajstić information content (AvgIpc) is 2.79. The fraction of sp³-hybridized carbons (Fsp3) is 0.522. The monoisotopic (exact) mass is 378 g/mol. The van der Waals surface area contributed by atoms with E-state index >= 15 is 0 Å².